The molecule has 0 spiro atoms. The highest BCUT2D eigenvalue weighted by Gasteiger charge is 2.45. The van der Waals surface area contributed by atoms with Crippen molar-refractivity contribution in [1.29, 1.82) is 0 Å². The van der Waals surface area contributed by atoms with Gasteiger partial charge in [0.15, 0.2) is 0 Å². The number of amides is 5. The molecule has 2 aromatic carbocycles. The molecule has 340 valence electrons. The number of piperazine rings is 1. The molecule has 1 aromatic heterocycles. The lowest BCUT2D eigenvalue weighted by Crippen LogP contribution is -2.54. The minimum atomic E-state index is -4.62. The number of fused-ring (bicyclic) bond motifs is 1. The summed E-state index contributed by atoms with van der Waals surface area (Å²) in [6.07, 6.45) is -3.79. The molecule has 0 radical (unpaired) electrons. The summed E-state index contributed by atoms with van der Waals surface area (Å²) in [5.41, 5.74) is 0.633. The summed E-state index contributed by atoms with van der Waals surface area (Å²) < 4.78 is 67.6. The Bertz CT molecular complexity index is 2120. The maximum Gasteiger partial charge on any atom is 0.421 e. The predicted octanol–water partition coefficient (Wildman–Crippen LogP) is 2.63. The van der Waals surface area contributed by atoms with Crippen LogP contribution in [0.25, 0.3) is 0 Å². The summed E-state index contributed by atoms with van der Waals surface area (Å²) in [7, 11) is 2.76. The number of aromatic nitrogens is 2. The van der Waals surface area contributed by atoms with Crippen LogP contribution in [0.5, 0.6) is 5.75 Å². The Hall–Kier alpha value is -5.94. The first-order chi connectivity index (χ1) is 30.4. The molecule has 6 rings (SSSR count). The minimum absolute atomic E-state index is 0.0486. The SMILES string of the molecule is CNc1nc(Nc2ccc(C(=O)N3CCN(CCOCCOCCOCCOCCNc4cccc5c4C(=O)N(C4CCC(=O)NC4=O)C5=O)CC3)cc2OC)ncc1C(F)(F)F. The van der Waals surface area contributed by atoms with Crippen LogP contribution in [0.3, 0.4) is 0 Å². The Morgan fingerprint density at radius 2 is 1.56 bits per heavy atom. The number of nitrogens with one attached hydrogen (secondary N) is 4. The van der Waals surface area contributed by atoms with E-state index in [1.165, 1.54) is 20.2 Å². The lowest BCUT2D eigenvalue weighted by molar-refractivity contribution is -0.138. The monoisotopic (exact) mass is 885 g/mol. The first-order valence-electron chi connectivity index (χ1n) is 20.4. The van der Waals surface area contributed by atoms with E-state index in [0.717, 1.165) is 4.90 Å². The van der Waals surface area contributed by atoms with Crippen molar-refractivity contribution in [3.05, 3.63) is 64.8 Å². The Morgan fingerprint density at radius 3 is 2.21 bits per heavy atom. The number of hydrogen-bond acceptors (Lipinski definition) is 16. The van der Waals surface area contributed by atoms with Crippen LogP contribution in [-0.4, -0.2) is 167 Å². The van der Waals surface area contributed by atoms with Crippen molar-refractivity contribution < 1.29 is 60.8 Å². The lowest BCUT2D eigenvalue weighted by Gasteiger charge is -2.34. The van der Waals surface area contributed by atoms with E-state index < -0.39 is 41.4 Å². The molecule has 5 amide bonds. The molecule has 1 unspecified atom stereocenters. The highest BCUT2D eigenvalue weighted by molar-refractivity contribution is 6.25. The van der Waals surface area contributed by atoms with Crippen molar-refractivity contribution in [3.8, 4) is 5.75 Å². The number of hydrogen-bond donors (Lipinski definition) is 4. The van der Waals surface area contributed by atoms with E-state index in [2.05, 4.69) is 36.1 Å². The predicted molar refractivity (Wildman–Crippen MR) is 220 cm³/mol. The van der Waals surface area contributed by atoms with Crippen LogP contribution in [0.4, 0.5) is 36.3 Å². The van der Waals surface area contributed by atoms with Gasteiger partial charge in [0.25, 0.3) is 17.7 Å². The molecule has 0 saturated carbocycles. The molecule has 4 heterocycles. The van der Waals surface area contributed by atoms with E-state index in [0.29, 0.717) is 121 Å². The standard InChI is InChI=1S/C41H50F3N9O10/c1-45-35-28(41(42,43)44)25-47-40(50-35)48-29-7-6-26(24-32(29)59-2)37(56)52-13-11-51(12-14-52)15-17-61-19-21-63-23-22-62-20-18-60-16-10-46-30-5-3-4-27-34(30)39(58)53(38(27)57)31-8-9-33(54)49-36(31)55/h3-7,24-25,31,46H,8-23H2,1-2H3,(H,49,54,55)(H2,45,47,48,50). The van der Waals surface area contributed by atoms with E-state index >= 15 is 0 Å². The molecule has 3 aromatic rings. The number of carbonyl (C=O) groups excluding carboxylic acids is 5. The second kappa shape index (κ2) is 21.9. The molecule has 0 bridgehead atoms. The van der Waals surface area contributed by atoms with Crippen molar-refractivity contribution in [1.82, 2.24) is 30.0 Å². The number of nitrogens with zero attached hydrogens (tertiary/aromatic N) is 5. The zero-order valence-corrected chi connectivity index (χ0v) is 34.9. The van der Waals surface area contributed by atoms with E-state index in [4.69, 9.17) is 23.7 Å². The third kappa shape index (κ3) is 12.0. The summed E-state index contributed by atoms with van der Waals surface area (Å²) in [6.45, 7) is 6.54. The maximum atomic E-state index is 13.3. The van der Waals surface area contributed by atoms with Crippen LogP contribution in [-0.2, 0) is 34.7 Å². The van der Waals surface area contributed by atoms with Gasteiger partial charge in [-0.3, -0.25) is 39.1 Å². The molecule has 22 heteroatoms. The van der Waals surface area contributed by atoms with Gasteiger partial charge in [-0.2, -0.15) is 18.2 Å². The smallest absolute Gasteiger partial charge is 0.421 e. The summed E-state index contributed by atoms with van der Waals surface area (Å²) in [4.78, 5) is 76.0. The van der Waals surface area contributed by atoms with Crippen molar-refractivity contribution in [2.45, 2.75) is 25.1 Å². The van der Waals surface area contributed by atoms with Gasteiger partial charge >= 0.3 is 6.18 Å². The minimum Gasteiger partial charge on any atom is -0.495 e. The molecular weight excluding hydrogens is 835 g/mol. The lowest BCUT2D eigenvalue weighted by atomic mass is 10.0. The number of methoxy groups -OCH3 is 1. The zero-order valence-electron chi connectivity index (χ0n) is 34.9. The maximum absolute atomic E-state index is 13.3. The third-order valence-electron chi connectivity index (χ3n) is 10.4. The Kier molecular flexibility index (Phi) is 16.2. The molecule has 4 N–H and O–H groups in total. The highest BCUT2D eigenvalue weighted by Crippen LogP contribution is 2.35. The summed E-state index contributed by atoms with van der Waals surface area (Å²) >= 11 is 0. The fourth-order valence-electron chi connectivity index (χ4n) is 7.12. The van der Waals surface area contributed by atoms with Crippen molar-refractivity contribution in [2.75, 3.05) is 122 Å². The van der Waals surface area contributed by atoms with Crippen LogP contribution in [0.2, 0.25) is 0 Å². The molecular formula is C41H50F3N9O10. The van der Waals surface area contributed by atoms with Crippen LogP contribution < -0.4 is 26.0 Å². The third-order valence-corrected chi connectivity index (χ3v) is 10.4. The van der Waals surface area contributed by atoms with Crippen molar-refractivity contribution >= 4 is 52.7 Å². The van der Waals surface area contributed by atoms with Crippen molar-refractivity contribution in [2.24, 2.45) is 0 Å². The van der Waals surface area contributed by atoms with Gasteiger partial charge < -0.3 is 44.5 Å². The molecule has 3 aliphatic heterocycles. The van der Waals surface area contributed by atoms with E-state index in [9.17, 15) is 37.1 Å². The fourth-order valence-corrected chi connectivity index (χ4v) is 7.12. The van der Waals surface area contributed by atoms with Crippen LogP contribution in [0, 0.1) is 0 Å². The van der Waals surface area contributed by atoms with Gasteiger partial charge in [0.05, 0.1) is 76.8 Å². The Balaban J connectivity index is 0.777. The van der Waals surface area contributed by atoms with Crippen LogP contribution in [0.1, 0.15) is 49.5 Å². The molecule has 2 fully saturated rings. The van der Waals surface area contributed by atoms with Gasteiger partial charge in [-0.15, -0.1) is 0 Å². The van der Waals surface area contributed by atoms with Gasteiger partial charge in [0, 0.05) is 70.2 Å². The van der Waals surface area contributed by atoms with Gasteiger partial charge in [-0.25, -0.2) is 4.98 Å². The number of anilines is 4. The molecule has 19 nitrogen and oxygen atoms in total. The molecule has 63 heavy (non-hydrogen) atoms. The zero-order chi connectivity index (χ0) is 44.9. The van der Waals surface area contributed by atoms with E-state index in [1.54, 1.807) is 35.2 Å². The summed E-state index contributed by atoms with van der Waals surface area (Å²) in [5.74, 6) is -2.56. The second-order valence-corrected chi connectivity index (χ2v) is 14.4. The number of imide groups is 2. The second-order valence-electron chi connectivity index (χ2n) is 14.4. The normalized spacial score (nSPS) is 16.9. The van der Waals surface area contributed by atoms with Crippen LogP contribution in [0.15, 0.2) is 42.6 Å². The number of alkyl halides is 3. The largest absolute Gasteiger partial charge is 0.495 e. The molecule has 0 aliphatic carbocycles. The van der Waals surface area contributed by atoms with E-state index in [1.807, 2.05) is 0 Å². The molecule has 3 aliphatic rings. The molecule has 1 atom stereocenters. The summed E-state index contributed by atoms with van der Waals surface area (Å²) in [5, 5.41) is 10.6. The summed E-state index contributed by atoms with van der Waals surface area (Å²) in [6, 6.07) is 8.61. The van der Waals surface area contributed by atoms with Gasteiger partial charge in [0.2, 0.25) is 17.8 Å². The number of ether oxygens (including phenoxy) is 5. The number of halogens is 3. The first kappa shape index (κ1) is 46.6. The quantitative estimate of drug-likeness (QED) is 0.0843. The Morgan fingerprint density at radius 1 is 0.873 bits per heavy atom. The van der Waals surface area contributed by atoms with Gasteiger partial charge in [0.1, 0.15) is 23.2 Å². The average Bonchev–Trinajstić information content (AvgIpc) is 3.53. The first-order valence-corrected chi connectivity index (χ1v) is 20.4. The number of piperidine rings is 1. The highest BCUT2D eigenvalue weighted by atomic mass is 19.4. The topological polar surface area (TPSA) is 215 Å². The fraction of sp³-hybridized carbons (Fsp3) is 0.488. The van der Waals surface area contributed by atoms with Crippen molar-refractivity contribution in [3.63, 3.8) is 0 Å². The average molecular weight is 886 g/mol. The number of carbonyl (C=O) groups is 5. The van der Waals surface area contributed by atoms with E-state index in [-0.39, 0.29) is 41.6 Å². The van der Waals surface area contributed by atoms with Gasteiger partial charge in [-0.05, 0) is 36.8 Å². The van der Waals surface area contributed by atoms with Gasteiger partial charge in [-0.1, -0.05) is 6.07 Å². The Labute approximate surface area is 360 Å². The molecule has 2 saturated heterocycles. The van der Waals surface area contributed by atoms with Crippen LogP contribution >= 0.6 is 0 Å². The number of rotatable bonds is 22. The number of benzene rings is 2.